The summed E-state index contributed by atoms with van der Waals surface area (Å²) >= 11 is 0. The Hall–Kier alpha value is -2.20. The fourth-order valence-electron chi connectivity index (χ4n) is 2.57. The molecule has 162 valence electrons. The molecule has 0 aromatic rings. The Morgan fingerprint density at radius 3 is 1.96 bits per heavy atom. The molecule has 15 heteroatoms. The van der Waals surface area contributed by atoms with Crippen molar-refractivity contribution in [3.05, 3.63) is 0 Å². The van der Waals surface area contributed by atoms with Crippen LogP contribution < -0.4 is 5.73 Å². The molecule has 0 aromatic heterocycles. The van der Waals surface area contributed by atoms with E-state index in [2.05, 4.69) is 9.99 Å². The summed E-state index contributed by atoms with van der Waals surface area (Å²) in [6.45, 7) is -2.37. The number of nitrogens with zero attached hydrogens (tertiary/aromatic N) is 3. The molecule has 1 rings (SSSR count). The highest BCUT2D eigenvalue weighted by Gasteiger charge is 2.49. The third-order valence-corrected chi connectivity index (χ3v) is 4.08. The van der Waals surface area contributed by atoms with E-state index in [9.17, 15) is 48.3 Å². The molecule has 4 atom stereocenters. The lowest BCUT2D eigenvalue weighted by Crippen LogP contribution is -2.70. The normalized spacial score (nSPS) is 28.8. The second kappa shape index (κ2) is 9.33. The van der Waals surface area contributed by atoms with Crippen molar-refractivity contribution in [2.75, 3.05) is 26.8 Å². The zero-order chi connectivity index (χ0) is 21.8. The van der Waals surface area contributed by atoms with Crippen molar-refractivity contribution in [1.29, 1.82) is 0 Å². The summed E-state index contributed by atoms with van der Waals surface area (Å²) in [6.07, 6.45) is -10.5. The summed E-state index contributed by atoms with van der Waals surface area (Å²) < 4.78 is 36.1. The number of guanidine groups is 1. The van der Waals surface area contributed by atoms with Gasteiger partial charge in [0, 0.05) is 7.05 Å². The van der Waals surface area contributed by atoms with E-state index in [1.807, 2.05) is 0 Å². The Morgan fingerprint density at radius 2 is 1.57 bits per heavy atom. The van der Waals surface area contributed by atoms with Gasteiger partial charge in [0.1, 0.15) is 18.3 Å². The Labute approximate surface area is 156 Å². The second-order valence-corrected chi connectivity index (χ2v) is 5.95. The van der Waals surface area contributed by atoms with Crippen LogP contribution >= 0.6 is 0 Å². The van der Waals surface area contributed by atoms with E-state index < -0.39 is 74.2 Å². The van der Waals surface area contributed by atoms with Crippen LogP contribution in [0.15, 0.2) is 5.16 Å². The maximum Gasteiger partial charge on any atom is 0.493 e. The van der Waals surface area contributed by atoms with Gasteiger partial charge < -0.3 is 45.9 Å². The molecule has 0 aromatic carbocycles. The number of rotatable bonds is 5. The fraction of sp³-hybridized carbons (Fsp3) is 0.769. The number of nitrogens with two attached hydrogens (primary N) is 1. The summed E-state index contributed by atoms with van der Waals surface area (Å²) in [7, 11) is 1.10. The van der Waals surface area contributed by atoms with Gasteiger partial charge in [0.05, 0.1) is 31.8 Å². The quantitative estimate of drug-likeness (QED) is 0.111. The lowest BCUT2D eigenvalue weighted by atomic mass is 9.88. The number of halogens is 3. The predicted molar refractivity (Wildman–Crippen MR) is 83.0 cm³/mol. The lowest BCUT2D eigenvalue weighted by molar-refractivity contribution is -0.199. The van der Waals surface area contributed by atoms with E-state index in [1.54, 1.807) is 0 Å². The smallest absolute Gasteiger partial charge is 0.394 e. The minimum Gasteiger partial charge on any atom is -0.394 e. The van der Waals surface area contributed by atoms with Crippen LogP contribution in [-0.2, 0) is 14.4 Å². The number of likely N-dealkylation sites (tertiary alicyclic amines) is 1. The number of hydrogen-bond donors (Lipinski definition) is 6. The standard InChI is InChI=1S/C13H21F3N4O8/c1-19(12(17)18-28-11(27)13(14,15)16)2-7(23)20-5(3-21)8(24)10(26)9(25)6(20)4-22/h5-6,8-10,21-22,24-26H,2-4H2,1H3,(H2,17,18)/t5-,6-,8-,9-/m1/s1. The van der Waals surface area contributed by atoms with E-state index >= 15 is 0 Å². The van der Waals surface area contributed by atoms with Crippen LogP contribution in [0.25, 0.3) is 0 Å². The van der Waals surface area contributed by atoms with Crippen LogP contribution in [0.4, 0.5) is 13.2 Å². The van der Waals surface area contributed by atoms with Crippen molar-refractivity contribution < 1.29 is 53.1 Å². The molecule has 0 spiro atoms. The third-order valence-electron chi connectivity index (χ3n) is 4.08. The third kappa shape index (κ3) is 5.20. The summed E-state index contributed by atoms with van der Waals surface area (Å²) in [5.41, 5.74) is 5.32. The van der Waals surface area contributed by atoms with Gasteiger partial charge in [0.2, 0.25) is 11.9 Å². The Kier molecular flexibility index (Phi) is 7.94. The molecule has 1 amide bonds. The first kappa shape index (κ1) is 23.8. The molecule has 12 nitrogen and oxygen atoms in total. The van der Waals surface area contributed by atoms with Crippen LogP contribution in [-0.4, -0.2) is 117 Å². The number of likely N-dealkylation sites (N-methyl/N-ethyl adjacent to an activating group) is 1. The van der Waals surface area contributed by atoms with Gasteiger partial charge in [-0.25, -0.2) is 4.79 Å². The fourth-order valence-corrected chi connectivity index (χ4v) is 2.57. The predicted octanol–water partition coefficient (Wildman–Crippen LogP) is -4.10. The Balaban J connectivity index is 2.92. The molecule has 1 aliphatic rings. The molecule has 7 N–H and O–H groups in total. The molecular weight excluding hydrogens is 397 g/mol. The number of carbonyl (C=O) groups excluding carboxylic acids is 2. The molecule has 0 saturated carbocycles. The molecular formula is C13H21F3N4O8. The van der Waals surface area contributed by atoms with E-state index in [-0.39, 0.29) is 0 Å². The van der Waals surface area contributed by atoms with E-state index in [0.717, 1.165) is 16.8 Å². The van der Waals surface area contributed by atoms with Gasteiger partial charge in [-0.05, 0) is 5.16 Å². The van der Waals surface area contributed by atoms with Crippen LogP contribution in [0.5, 0.6) is 0 Å². The van der Waals surface area contributed by atoms with Gasteiger partial charge in [-0.2, -0.15) is 13.2 Å². The molecule has 0 unspecified atom stereocenters. The van der Waals surface area contributed by atoms with Gasteiger partial charge in [-0.1, -0.05) is 0 Å². The highest BCUT2D eigenvalue weighted by molar-refractivity contribution is 5.86. The highest BCUT2D eigenvalue weighted by atomic mass is 19.4. The number of hydrogen-bond acceptors (Lipinski definition) is 9. The van der Waals surface area contributed by atoms with Crippen LogP contribution in [0.3, 0.4) is 0 Å². The average Bonchev–Trinajstić information content (AvgIpc) is 2.62. The number of aliphatic hydroxyl groups excluding tert-OH is 5. The minimum absolute atomic E-state index is 0.707. The number of piperidine rings is 1. The van der Waals surface area contributed by atoms with Gasteiger partial charge in [0.25, 0.3) is 0 Å². The topological polar surface area (TPSA) is 189 Å². The van der Waals surface area contributed by atoms with Crippen molar-refractivity contribution in [3.8, 4) is 0 Å². The molecule has 0 radical (unpaired) electrons. The van der Waals surface area contributed by atoms with Crippen LogP contribution in [0.1, 0.15) is 0 Å². The maximum atomic E-state index is 12.5. The number of carbonyl (C=O) groups is 2. The van der Waals surface area contributed by atoms with Crippen molar-refractivity contribution in [1.82, 2.24) is 9.80 Å². The van der Waals surface area contributed by atoms with Crippen LogP contribution in [0, 0.1) is 0 Å². The summed E-state index contributed by atoms with van der Waals surface area (Å²) in [5.74, 6) is -4.36. The Morgan fingerprint density at radius 1 is 1.11 bits per heavy atom. The first-order chi connectivity index (χ1) is 12.9. The second-order valence-electron chi connectivity index (χ2n) is 5.95. The average molecular weight is 418 g/mol. The number of alkyl halides is 3. The molecule has 1 aliphatic heterocycles. The van der Waals surface area contributed by atoms with Gasteiger partial charge in [-0.3, -0.25) is 4.79 Å². The number of aliphatic hydroxyl groups is 5. The van der Waals surface area contributed by atoms with E-state index in [1.165, 1.54) is 0 Å². The minimum atomic E-state index is -5.30. The van der Waals surface area contributed by atoms with Crippen LogP contribution in [0.2, 0.25) is 0 Å². The van der Waals surface area contributed by atoms with Gasteiger partial charge >= 0.3 is 12.1 Å². The van der Waals surface area contributed by atoms with Crippen molar-refractivity contribution >= 4 is 17.8 Å². The molecule has 0 aliphatic carbocycles. The highest BCUT2D eigenvalue weighted by Crippen LogP contribution is 2.25. The molecule has 28 heavy (non-hydrogen) atoms. The number of oxime groups is 1. The molecule has 1 fully saturated rings. The molecule has 1 heterocycles. The van der Waals surface area contributed by atoms with E-state index in [0.29, 0.717) is 0 Å². The van der Waals surface area contributed by atoms with Gasteiger partial charge in [-0.15, -0.1) is 0 Å². The Bertz CT molecular complexity index is 587. The van der Waals surface area contributed by atoms with Crippen molar-refractivity contribution in [2.24, 2.45) is 10.9 Å². The zero-order valence-electron chi connectivity index (χ0n) is 14.5. The zero-order valence-corrected chi connectivity index (χ0v) is 14.5. The van der Waals surface area contributed by atoms with Gasteiger partial charge in [0.15, 0.2) is 0 Å². The summed E-state index contributed by atoms with van der Waals surface area (Å²) in [4.78, 5) is 28.2. The monoisotopic (exact) mass is 418 g/mol. The SMILES string of the molecule is CN(CC(=O)N1[C@H](CO)[C@@H](O)C(O)[C@H](O)[C@H]1CO)C(N)=NOC(=O)C(F)(F)F. The molecule has 1 saturated heterocycles. The number of amides is 1. The first-order valence-corrected chi connectivity index (χ1v) is 7.76. The maximum absolute atomic E-state index is 12.5. The summed E-state index contributed by atoms with van der Waals surface area (Å²) in [5, 5.41) is 51.2. The largest absolute Gasteiger partial charge is 0.493 e. The van der Waals surface area contributed by atoms with E-state index in [4.69, 9.17) is 5.73 Å². The summed E-state index contributed by atoms with van der Waals surface area (Å²) in [6, 6.07) is -2.78. The van der Waals surface area contributed by atoms with Crippen molar-refractivity contribution in [3.63, 3.8) is 0 Å². The lowest BCUT2D eigenvalue weighted by Gasteiger charge is -2.48. The first-order valence-electron chi connectivity index (χ1n) is 7.76. The van der Waals surface area contributed by atoms with Crippen molar-refractivity contribution in [2.45, 2.75) is 36.6 Å². The molecule has 0 bridgehead atoms.